The van der Waals surface area contributed by atoms with Crippen LogP contribution < -0.4 is 0 Å². The Morgan fingerprint density at radius 2 is 0.939 bits per heavy atom. The van der Waals surface area contributed by atoms with E-state index >= 15 is 0 Å². The predicted molar refractivity (Wildman–Crippen MR) is 146 cm³/mol. The van der Waals surface area contributed by atoms with Crippen LogP contribution in [-0.4, -0.2) is 11.4 Å². The molecule has 0 N–H and O–H groups in total. The molecule has 1 nitrogen and oxygen atoms in total. The van der Waals surface area contributed by atoms with Gasteiger partial charge in [0.15, 0.2) is 0 Å². The summed E-state index contributed by atoms with van der Waals surface area (Å²) in [6.07, 6.45) is 24.5. The van der Waals surface area contributed by atoms with Gasteiger partial charge in [0, 0.05) is 19.6 Å². The van der Waals surface area contributed by atoms with E-state index in [0.29, 0.717) is 0 Å². The molecule has 0 saturated heterocycles. The number of benzene rings is 2. The van der Waals surface area contributed by atoms with Crippen LogP contribution in [-0.2, 0) is 13.1 Å². The number of rotatable bonds is 20. The largest absolute Gasteiger partial charge is 0.291 e. The molecule has 0 fully saturated rings. The van der Waals surface area contributed by atoms with Crippen LogP contribution in [0.1, 0.15) is 108 Å². The highest BCUT2D eigenvalue weighted by Crippen LogP contribution is 2.14. The Bertz CT molecular complexity index is 649. The standard InChI is InChI=1S/C32H49N/c1-2-3-4-5-6-7-8-9-10-11-12-13-14-15-16-23-28-33(29-31-24-19-17-20-25-31)30-32-26-21-18-22-27-32/h16-27H,2-15,28-30H2,1H3/b23-16-. The van der Waals surface area contributed by atoms with Gasteiger partial charge in [0.25, 0.3) is 0 Å². The molecule has 33 heavy (non-hydrogen) atoms. The van der Waals surface area contributed by atoms with Crippen LogP contribution in [0.25, 0.3) is 0 Å². The highest BCUT2D eigenvalue weighted by molar-refractivity contribution is 5.17. The summed E-state index contributed by atoms with van der Waals surface area (Å²) in [4.78, 5) is 2.53. The third-order valence-corrected chi connectivity index (χ3v) is 6.50. The fourth-order valence-electron chi connectivity index (χ4n) is 4.49. The van der Waals surface area contributed by atoms with Crippen LogP contribution in [0.5, 0.6) is 0 Å². The Labute approximate surface area is 205 Å². The predicted octanol–water partition coefficient (Wildman–Crippen LogP) is 9.73. The maximum Gasteiger partial charge on any atom is 0.0240 e. The molecule has 0 saturated carbocycles. The first kappa shape index (κ1) is 27.4. The molecule has 0 spiro atoms. The molecule has 0 heterocycles. The van der Waals surface area contributed by atoms with Crippen LogP contribution in [0.15, 0.2) is 72.8 Å². The Morgan fingerprint density at radius 1 is 0.515 bits per heavy atom. The van der Waals surface area contributed by atoms with Gasteiger partial charge in [-0.25, -0.2) is 0 Å². The molecule has 0 atom stereocenters. The second-order valence-electron chi connectivity index (χ2n) is 9.64. The van der Waals surface area contributed by atoms with E-state index in [9.17, 15) is 0 Å². The molecule has 2 aromatic carbocycles. The summed E-state index contributed by atoms with van der Waals surface area (Å²) in [6, 6.07) is 21.7. The first-order chi connectivity index (χ1) is 16.4. The van der Waals surface area contributed by atoms with Crippen molar-refractivity contribution in [1.82, 2.24) is 4.90 Å². The van der Waals surface area contributed by atoms with Gasteiger partial charge in [-0.15, -0.1) is 0 Å². The first-order valence-electron chi connectivity index (χ1n) is 13.8. The monoisotopic (exact) mass is 447 g/mol. The summed E-state index contributed by atoms with van der Waals surface area (Å²) in [7, 11) is 0. The summed E-state index contributed by atoms with van der Waals surface area (Å²) in [5.41, 5.74) is 2.77. The molecule has 0 aliphatic carbocycles. The van der Waals surface area contributed by atoms with E-state index in [1.165, 1.54) is 101 Å². The van der Waals surface area contributed by atoms with Gasteiger partial charge in [0.1, 0.15) is 0 Å². The molecule has 1 heteroatoms. The minimum Gasteiger partial charge on any atom is -0.291 e. The number of unbranched alkanes of at least 4 members (excludes halogenated alkanes) is 13. The first-order valence-corrected chi connectivity index (χ1v) is 13.8. The number of allylic oxidation sites excluding steroid dienone is 1. The fraction of sp³-hybridized carbons (Fsp3) is 0.562. The second-order valence-corrected chi connectivity index (χ2v) is 9.64. The van der Waals surface area contributed by atoms with Gasteiger partial charge < -0.3 is 0 Å². The number of hydrogen-bond donors (Lipinski definition) is 0. The van der Waals surface area contributed by atoms with Crippen LogP contribution in [0, 0.1) is 0 Å². The van der Waals surface area contributed by atoms with Crippen molar-refractivity contribution in [3.8, 4) is 0 Å². The Balaban J connectivity index is 1.52. The van der Waals surface area contributed by atoms with E-state index in [1.807, 2.05) is 0 Å². The Morgan fingerprint density at radius 3 is 1.39 bits per heavy atom. The average molecular weight is 448 g/mol. The van der Waals surface area contributed by atoms with Crippen molar-refractivity contribution in [3.05, 3.63) is 83.9 Å². The smallest absolute Gasteiger partial charge is 0.0240 e. The minimum absolute atomic E-state index is 0.999. The number of nitrogens with zero attached hydrogens (tertiary/aromatic N) is 1. The van der Waals surface area contributed by atoms with Gasteiger partial charge in [-0.3, -0.25) is 4.90 Å². The molecule has 0 aromatic heterocycles. The lowest BCUT2D eigenvalue weighted by atomic mass is 10.0. The van der Waals surface area contributed by atoms with Gasteiger partial charge in [-0.05, 0) is 24.0 Å². The SMILES string of the molecule is CCCCCCCCCCCCCCC/C=C\CN(Cc1ccccc1)Cc1ccccc1. The molecule has 0 aliphatic rings. The summed E-state index contributed by atoms with van der Waals surface area (Å²) >= 11 is 0. The van der Waals surface area contributed by atoms with Gasteiger partial charge in [0.2, 0.25) is 0 Å². The molecule has 0 radical (unpaired) electrons. The third-order valence-electron chi connectivity index (χ3n) is 6.50. The lowest BCUT2D eigenvalue weighted by molar-refractivity contribution is 0.285. The third kappa shape index (κ3) is 14.8. The van der Waals surface area contributed by atoms with Gasteiger partial charge in [-0.2, -0.15) is 0 Å². The van der Waals surface area contributed by atoms with Crippen molar-refractivity contribution in [2.45, 2.75) is 110 Å². The van der Waals surface area contributed by atoms with E-state index < -0.39 is 0 Å². The zero-order valence-electron chi connectivity index (χ0n) is 21.4. The summed E-state index contributed by atoms with van der Waals surface area (Å²) in [5.74, 6) is 0. The van der Waals surface area contributed by atoms with Crippen molar-refractivity contribution in [3.63, 3.8) is 0 Å². The molecular formula is C32H49N. The molecule has 182 valence electrons. The zero-order valence-corrected chi connectivity index (χ0v) is 21.4. The van der Waals surface area contributed by atoms with Crippen molar-refractivity contribution in [2.24, 2.45) is 0 Å². The van der Waals surface area contributed by atoms with Crippen molar-refractivity contribution in [2.75, 3.05) is 6.54 Å². The maximum atomic E-state index is 2.53. The normalized spacial score (nSPS) is 11.6. The second kappa shape index (κ2) is 19.6. The van der Waals surface area contributed by atoms with Crippen LogP contribution in [0.2, 0.25) is 0 Å². The molecular weight excluding hydrogens is 398 g/mol. The fourth-order valence-corrected chi connectivity index (χ4v) is 4.49. The topological polar surface area (TPSA) is 3.24 Å². The van der Waals surface area contributed by atoms with Crippen molar-refractivity contribution < 1.29 is 0 Å². The summed E-state index contributed by atoms with van der Waals surface area (Å²) in [5, 5.41) is 0. The van der Waals surface area contributed by atoms with E-state index in [2.05, 4.69) is 84.6 Å². The molecule has 0 amide bonds. The summed E-state index contributed by atoms with van der Waals surface area (Å²) < 4.78 is 0. The average Bonchev–Trinajstić information content (AvgIpc) is 2.85. The lowest BCUT2D eigenvalue weighted by Crippen LogP contribution is -2.22. The van der Waals surface area contributed by atoms with E-state index in [1.54, 1.807) is 0 Å². The van der Waals surface area contributed by atoms with Gasteiger partial charge in [0.05, 0.1) is 0 Å². The Hall–Kier alpha value is -1.86. The quantitative estimate of drug-likeness (QED) is 0.144. The van der Waals surface area contributed by atoms with Crippen LogP contribution in [0.3, 0.4) is 0 Å². The van der Waals surface area contributed by atoms with E-state index in [4.69, 9.17) is 0 Å². The maximum absolute atomic E-state index is 2.53. The van der Waals surface area contributed by atoms with Crippen LogP contribution >= 0.6 is 0 Å². The molecule has 0 bridgehead atoms. The van der Waals surface area contributed by atoms with Crippen molar-refractivity contribution >= 4 is 0 Å². The van der Waals surface area contributed by atoms with Crippen LogP contribution in [0.4, 0.5) is 0 Å². The highest BCUT2D eigenvalue weighted by atomic mass is 15.1. The molecule has 0 unspecified atom stereocenters. The van der Waals surface area contributed by atoms with E-state index in [0.717, 1.165) is 19.6 Å². The lowest BCUT2D eigenvalue weighted by Gasteiger charge is -2.21. The highest BCUT2D eigenvalue weighted by Gasteiger charge is 2.05. The molecule has 2 aromatic rings. The van der Waals surface area contributed by atoms with Gasteiger partial charge >= 0.3 is 0 Å². The summed E-state index contributed by atoms with van der Waals surface area (Å²) in [6.45, 7) is 5.31. The molecule has 0 aliphatic heterocycles. The molecule has 2 rings (SSSR count). The zero-order chi connectivity index (χ0) is 23.2. The van der Waals surface area contributed by atoms with Gasteiger partial charge in [-0.1, -0.05) is 157 Å². The minimum atomic E-state index is 0.999. The van der Waals surface area contributed by atoms with Crippen molar-refractivity contribution in [1.29, 1.82) is 0 Å². The Kier molecular flexibility index (Phi) is 16.3. The van der Waals surface area contributed by atoms with E-state index in [-0.39, 0.29) is 0 Å². The number of hydrogen-bond acceptors (Lipinski definition) is 1.